The minimum Gasteiger partial charge on any atom is -0.393 e. The molecule has 2 heterocycles. The van der Waals surface area contributed by atoms with Crippen molar-refractivity contribution in [2.75, 3.05) is 11.9 Å². The summed E-state index contributed by atoms with van der Waals surface area (Å²) in [5, 5.41) is 16.5. The van der Waals surface area contributed by atoms with Crippen LogP contribution in [0.15, 0.2) is 53.4 Å². The molecular formula is C22H26ClN3O4S. The molecule has 4 atom stereocenters. The van der Waals surface area contributed by atoms with E-state index in [9.17, 15) is 18.3 Å². The lowest BCUT2D eigenvalue weighted by molar-refractivity contribution is -0.0537. The van der Waals surface area contributed by atoms with Gasteiger partial charge in [-0.2, -0.15) is 4.31 Å². The number of nitrogens with zero attached hydrogens (tertiary/aromatic N) is 1. The summed E-state index contributed by atoms with van der Waals surface area (Å²) in [5.74, 6) is -0.186. The average Bonchev–Trinajstić information content (AvgIpc) is 2.74. The Kier molecular flexibility index (Phi) is 6.25. The van der Waals surface area contributed by atoms with Gasteiger partial charge in [0, 0.05) is 29.2 Å². The molecule has 2 aromatic rings. The van der Waals surface area contributed by atoms with Crippen LogP contribution in [0.25, 0.3) is 0 Å². The number of amides is 2. The number of piperidine rings is 2. The Morgan fingerprint density at radius 2 is 1.81 bits per heavy atom. The van der Waals surface area contributed by atoms with Crippen molar-refractivity contribution in [3.8, 4) is 0 Å². The third-order valence-electron chi connectivity index (χ3n) is 6.12. The van der Waals surface area contributed by atoms with Gasteiger partial charge in [-0.25, -0.2) is 13.2 Å². The molecule has 166 valence electrons. The minimum absolute atomic E-state index is 0.186. The molecule has 2 bridgehead atoms. The molecule has 3 N–H and O–H groups in total. The van der Waals surface area contributed by atoms with E-state index >= 15 is 0 Å². The van der Waals surface area contributed by atoms with Crippen molar-refractivity contribution in [1.82, 2.24) is 9.62 Å². The summed E-state index contributed by atoms with van der Waals surface area (Å²) in [4.78, 5) is 12.0. The third kappa shape index (κ3) is 4.30. The zero-order valence-electron chi connectivity index (χ0n) is 17.2. The molecule has 0 radical (unpaired) electrons. The molecule has 5 rings (SSSR count). The quantitative estimate of drug-likeness (QED) is 0.628. The van der Waals surface area contributed by atoms with Crippen molar-refractivity contribution in [3.63, 3.8) is 0 Å². The van der Waals surface area contributed by atoms with Crippen molar-refractivity contribution in [3.05, 3.63) is 59.1 Å². The number of rotatable bonds is 5. The van der Waals surface area contributed by atoms with Crippen LogP contribution in [0, 0.1) is 5.92 Å². The molecule has 1 aliphatic carbocycles. The molecule has 3 aliphatic rings. The second-order valence-corrected chi connectivity index (χ2v) is 10.3. The number of aliphatic hydroxyl groups excluding tert-OH is 1. The summed E-state index contributed by atoms with van der Waals surface area (Å²) in [6.45, 7) is 2.35. The largest absolute Gasteiger partial charge is 0.393 e. The Bertz CT molecular complexity index is 1040. The summed E-state index contributed by atoms with van der Waals surface area (Å²) in [5.41, 5.74) is 1.41. The van der Waals surface area contributed by atoms with E-state index < -0.39 is 22.2 Å². The first-order valence-corrected chi connectivity index (χ1v) is 12.2. The van der Waals surface area contributed by atoms with Gasteiger partial charge in [-0.1, -0.05) is 23.7 Å². The van der Waals surface area contributed by atoms with Crippen LogP contribution in [0.5, 0.6) is 0 Å². The lowest BCUT2D eigenvalue weighted by Gasteiger charge is -2.52. The molecule has 2 saturated heterocycles. The van der Waals surface area contributed by atoms with Gasteiger partial charge in [-0.05, 0) is 68.1 Å². The van der Waals surface area contributed by atoms with Gasteiger partial charge in [0.2, 0.25) is 10.0 Å². The van der Waals surface area contributed by atoms with Gasteiger partial charge in [0.05, 0.1) is 17.0 Å². The number of carbonyl (C=O) groups excluding carboxylic acids is 1. The Labute approximate surface area is 187 Å². The zero-order chi connectivity index (χ0) is 22.2. The second kappa shape index (κ2) is 8.78. The van der Waals surface area contributed by atoms with Crippen molar-refractivity contribution < 1.29 is 18.3 Å². The van der Waals surface area contributed by atoms with Crippen molar-refractivity contribution >= 4 is 33.3 Å². The van der Waals surface area contributed by atoms with Crippen LogP contribution in [-0.4, -0.2) is 42.6 Å². The SMILES string of the molecule is CCNC(=O)Nc1ccc([C@@H]2[C@@H]3CC[C@@H](C[C@@H]3O)N2S(=O)(=O)c2ccc(Cl)cc2)cc1. The van der Waals surface area contributed by atoms with Gasteiger partial charge >= 0.3 is 6.03 Å². The van der Waals surface area contributed by atoms with Crippen LogP contribution in [0.4, 0.5) is 10.5 Å². The highest BCUT2D eigenvalue weighted by atomic mass is 35.5. The monoisotopic (exact) mass is 463 g/mol. The normalized spacial score (nSPS) is 25.9. The van der Waals surface area contributed by atoms with Crippen LogP contribution in [0.1, 0.15) is 37.8 Å². The number of aliphatic hydroxyl groups is 1. The molecular weight excluding hydrogens is 438 g/mol. The first kappa shape index (κ1) is 22.1. The van der Waals surface area contributed by atoms with E-state index in [1.165, 1.54) is 12.1 Å². The standard InChI is InChI=1S/C22H26ClN3O4S/c1-2-24-22(28)25-16-7-3-14(4-8-16)21-19-12-9-17(13-20(19)27)26(21)31(29,30)18-10-5-15(23)6-11-18/h3-8,10-11,17,19-21,27H,2,9,12-13H2,1H3,(H2,24,25,28)/t17-,19+,20-,21+/m0/s1. The van der Waals surface area contributed by atoms with Crippen LogP contribution >= 0.6 is 11.6 Å². The van der Waals surface area contributed by atoms with E-state index in [1.54, 1.807) is 28.6 Å². The van der Waals surface area contributed by atoms with E-state index in [1.807, 2.05) is 19.1 Å². The molecule has 3 fully saturated rings. The lowest BCUT2D eigenvalue weighted by atomic mass is 9.72. The number of carbonyl (C=O) groups is 1. The fourth-order valence-electron chi connectivity index (χ4n) is 4.73. The molecule has 2 aromatic carbocycles. The van der Waals surface area contributed by atoms with Gasteiger partial charge < -0.3 is 15.7 Å². The maximum absolute atomic E-state index is 13.6. The van der Waals surface area contributed by atoms with Gasteiger partial charge in [0.1, 0.15) is 0 Å². The highest BCUT2D eigenvalue weighted by Gasteiger charge is 2.52. The first-order chi connectivity index (χ1) is 14.8. The average molecular weight is 464 g/mol. The van der Waals surface area contributed by atoms with E-state index in [0.717, 1.165) is 18.4 Å². The molecule has 0 aromatic heterocycles. The number of anilines is 1. The number of hydrogen-bond donors (Lipinski definition) is 3. The second-order valence-electron chi connectivity index (χ2n) is 8.04. The van der Waals surface area contributed by atoms with Crippen LogP contribution in [-0.2, 0) is 10.0 Å². The third-order valence-corrected chi connectivity index (χ3v) is 8.32. The molecule has 2 amide bonds. The zero-order valence-corrected chi connectivity index (χ0v) is 18.7. The molecule has 9 heteroatoms. The summed E-state index contributed by atoms with van der Waals surface area (Å²) < 4.78 is 28.8. The Hall–Kier alpha value is -2.13. The topological polar surface area (TPSA) is 98.7 Å². The maximum atomic E-state index is 13.6. The number of urea groups is 1. The molecule has 7 nitrogen and oxygen atoms in total. The van der Waals surface area contributed by atoms with Crippen LogP contribution in [0.3, 0.4) is 0 Å². The number of benzene rings is 2. The number of hydrogen-bond acceptors (Lipinski definition) is 4. The van der Waals surface area contributed by atoms with Gasteiger partial charge in [-0.3, -0.25) is 0 Å². The Morgan fingerprint density at radius 1 is 1.13 bits per heavy atom. The number of nitrogens with one attached hydrogen (secondary N) is 2. The van der Waals surface area contributed by atoms with E-state index in [-0.39, 0.29) is 22.9 Å². The fourth-order valence-corrected chi connectivity index (χ4v) is 6.74. The van der Waals surface area contributed by atoms with Crippen LogP contribution < -0.4 is 10.6 Å². The summed E-state index contributed by atoms with van der Waals surface area (Å²) in [6.07, 6.45) is 1.38. The molecule has 2 aliphatic heterocycles. The summed E-state index contributed by atoms with van der Waals surface area (Å²) in [6, 6.07) is 12.3. The molecule has 0 spiro atoms. The van der Waals surface area contributed by atoms with E-state index in [0.29, 0.717) is 23.7 Å². The van der Waals surface area contributed by atoms with Gasteiger partial charge in [0.25, 0.3) is 0 Å². The highest BCUT2D eigenvalue weighted by Crippen LogP contribution is 2.50. The predicted molar refractivity (Wildman–Crippen MR) is 119 cm³/mol. The lowest BCUT2D eigenvalue weighted by Crippen LogP contribution is -2.57. The van der Waals surface area contributed by atoms with Crippen molar-refractivity contribution in [1.29, 1.82) is 0 Å². The van der Waals surface area contributed by atoms with Gasteiger partial charge in [-0.15, -0.1) is 0 Å². The fraction of sp³-hybridized carbons (Fsp3) is 0.409. The summed E-state index contributed by atoms with van der Waals surface area (Å²) >= 11 is 5.95. The Balaban J connectivity index is 1.68. The van der Waals surface area contributed by atoms with Crippen molar-refractivity contribution in [2.24, 2.45) is 5.92 Å². The molecule has 1 saturated carbocycles. The van der Waals surface area contributed by atoms with Crippen molar-refractivity contribution in [2.45, 2.75) is 49.3 Å². The summed E-state index contributed by atoms with van der Waals surface area (Å²) in [7, 11) is -3.78. The van der Waals surface area contributed by atoms with Gasteiger partial charge in [0.15, 0.2) is 0 Å². The number of fused-ring (bicyclic) bond motifs is 3. The maximum Gasteiger partial charge on any atom is 0.319 e. The van der Waals surface area contributed by atoms with Crippen LogP contribution in [0.2, 0.25) is 5.02 Å². The Morgan fingerprint density at radius 3 is 2.42 bits per heavy atom. The number of halogens is 1. The molecule has 31 heavy (non-hydrogen) atoms. The number of sulfonamides is 1. The highest BCUT2D eigenvalue weighted by molar-refractivity contribution is 7.89. The minimum atomic E-state index is -3.78. The smallest absolute Gasteiger partial charge is 0.319 e. The molecule has 0 unspecified atom stereocenters. The van der Waals surface area contributed by atoms with E-state index in [4.69, 9.17) is 11.6 Å². The first-order valence-electron chi connectivity index (χ1n) is 10.4. The van der Waals surface area contributed by atoms with E-state index in [2.05, 4.69) is 10.6 Å². The predicted octanol–water partition coefficient (Wildman–Crippen LogP) is 3.76.